The molecule has 0 aromatic carbocycles. The molecule has 0 saturated carbocycles. The van der Waals surface area contributed by atoms with E-state index in [-0.39, 0.29) is 9.90 Å². The van der Waals surface area contributed by atoms with E-state index >= 15 is 0 Å². The van der Waals surface area contributed by atoms with Crippen LogP contribution in [0.4, 0.5) is 13.2 Å². The molecule has 0 aliphatic carbocycles. The van der Waals surface area contributed by atoms with E-state index in [2.05, 4.69) is 0 Å². The van der Waals surface area contributed by atoms with Gasteiger partial charge in [0, 0.05) is 11.6 Å². The summed E-state index contributed by atoms with van der Waals surface area (Å²) in [5.41, 5.74) is 5.59. The van der Waals surface area contributed by atoms with Gasteiger partial charge in [0.05, 0.1) is 15.1 Å². The van der Waals surface area contributed by atoms with Crippen molar-refractivity contribution in [1.82, 2.24) is 0 Å². The van der Waals surface area contributed by atoms with Crippen molar-refractivity contribution >= 4 is 34.5 Å². The molecule has 1 aromatic rings. The Bertz CT molecular complexity index is 323. The normalized spacial score (nSPS) is 14.4. The molecule has 1 nitrogen and oxygen atoms in total. The van der Waals surface area contributed by atoms with Crippen LogP contribution in [-0.2, 0) is 0 Å². The molecule has 1 heterocycles. The second kappa shape index (κ2) is 4.26. The topological polar surface area (TPSA) is 26.0 Å². The highest BCUT2D eigenvalue weighted by Crippen LogP contribution is 2.37. The maximum Gasteiger partial charge on any atom is 0.390 e. The van der Waals surface area contributed by atoms with E-state index in [4.69, 9.17) is 28.9 Å². The third kappa shape index (κ3) is 3.31. The van der Waals surface area contributed by atoms with E-state index in [1.807, 2.05) is 0 Å². The lowest BCUT2D eigenvalue weighted by Crippen LogP contribution is -2.19. The minimum atomic E-state index is -4.29. The molecule has 1 rings (SSSR count). The molecule has 0 aliphatic heterocycles. The lowest BCUT2D eigenvalue weighted by molar-refractivity contribution is -0.138. The van der Waals surface area contributed by atoms with Crippen molar-refractivity contribution in [2.45, 2.75) is 18.6 Å². The summed E-state index contributed by atoms with van der Waals surface area (Å²) in [4.78, 5) is 0. The molecule has 0 radical (unpaired) electrons. The first kappa shape index (κ1) is 12.1. The minimum absolute atomic E-state index is 0.215. The maximum atomic E-state index is 12.0. The summed E-state index contributed by atoms with van der Waals surface area (Å²) >= 11 is 12.2. The van der Waals surface area contributed by atoms with Crippen LogP contribution in [-0.4, -0.2) is 6.18 Å². The Morgan fingerprint density at radius 3 is 2.36 bits per heavy atom. The second-order valence-electron chi connectivity index (χ2n) is 2.71. The zero-order valence-electron chi connectivity index (χ0n) is 6.74. The van der Waals surface area contributed by atoms with Crippen LogP contribution in [0.15, 0.2) is 6.07 Å². The molecule has 0 bridgehead atoms. The van der Waals surface area contributed by atoms with Crippen LogP contribution in [0.5, 0.6) is 0 Å². The molecule has 0 fully saturated rings. The van der Waals surface area contributed by atoms with E-state index in [9.17, 15) is 13.2 Å². The van der Waals surface area contributed by atoms with Gasteiger partial charge >= 0.3 is 6.18 Å². The van der Waals surface area contributed by atoms with Crippen LogP contribution < -0.4 is 5.73 Å². The highest BCUT2D eigenvalue weighted by molar-refractivity contribution is 7.20. The van der Waals surface area contributed by atoms with Crippen LogP contribution in [0, 0.1) is 0 Å². The quantitative estimate of drug-likeness (QED) is 0.858. The van der Waals surface area contributed by atoms with E-state index in [0.717, 1.165) is 11.3 Å². The van der Waals surface area contributed by atoms with Crippen LogP contribution in [0.3, 0.4) is 0 Å². The van der Waals surface area contributed by atoms with Gasteiger partial charge in [0.1, 0.15) is 0 Å². The monoisotopic (exact) mass is 263 g/mol. The van der Waals surface area contributed by atoms with Gasteiger partial charge in [-0.3, -0.25) is 0 Å². The van der Waals surface area contributed by atoms with Crippen molar-refractivity contribution < 1.29 is 13.2 Å². The second-order valence-corrected chi connectivity index (χ2v) is 4.99. The largest absolute Gasteiger partial charge is 0.390 e. The summed E-state index contributed by atoms with van der Waals surface area (Å²) in [5.74, 6) is 0. The van der Waals surface area contributed by atoms with E-state index in [0.29, 0.717) is 4.34 Å². The SMILES string of the molecule is N[C@H](CC(F)(F)F)c1cc(Cl)sc1Cl. The first-order valence-electron chi connectivity index (χ1n) is 3.56. The molecule has 0 aliphatic rings. The lowest BCUT2D eigenvalue weighted by atomic mass is 10.1. The number of alkyl halides is 3. The Morgan fingerprint density at radius 1 is 1.43 bits per heavy atom. The molecular formula is C7H6Cl2F3NS. The average molecular weight is 264 g/mol. The number of nitrogens with two attached hydrogens (primary N) is 1. The predicted molar refractivity (Wildman–Crippen MR) is 51.9 cm³/mol. The number of hydrogen-bond donors (Lipinski definition) is 1. The van der Waals surface area contributed by atoms with Gasteiger partial charge < -0.3 is 5.73 Å². The molecule has 1 aromatic heterocycles. The van der Waals surface area contributed by atoms with Gasteiger partial charge in [0.15, 0.2) is 0 Å². The Labute approximate surface area is 92.6 Å². The fourth-order valence-corrected chi connectivity index (χ4v) is 2.56. The zero-order chi connectivity index (χ0) is 10.9. The molecule has 0 saturated heterocycles. The van der Waals surface area contributed by atoms with Crippen LogP contribution in [0.1, 0.15) is 18.0 Å². The number of rotatable bonds is 2. The molecule has 0 amide bonds. The molecule has 7 heteroatoms. The Hall–Kier alpha value is 0.0300. The van der Waals surface area contributed by atoms with Gasteiger partial charge in [0.2, 0.25) is 0 Å². The maximum absolute atomic E-state index is 12.0. The molecular weight excluding hydrogens is 258 g/mol. The third-order valence-electron chi connectivity index (χ3n) is 1.53. The Morgan fingerprint density at radius 2 is 2.00 bits per heavy atom. The highest BCUT2D eigenvalue weighted by atomic mass is 35.5. The first-order chi connectivity index (χ1) is 6.29. The fourth-order valence-electron chi connectivity index (χ4n) is 0.965. The van der Waals surface area contributed by atoms with Crippen molar-refractivity contribution in [2.24, 2.45) is 5.73 Å². The summed E-state index contributed by atoms with van der Waals surface area (Å²) in [7, 11) is 0. The van der Waals surface area contributed by atoms with E-state index < -0.39 is 18.6 Å². The van der Waals surface area contributed by atoms with Gasteiger partial charge in [-0.25, -0.2) is 0 Å². The smallest absolute Gasteiger partial charge is 0.324 e. The molecule has 0 spiro atoms. The van der Waals surface area contributed by atoms with Crippen LogP contribution in [0.2, 0.25) is 8.67 Å². The lowest BCUT2D eigenvalue weighted by Gasteiger charge is -2.12. The number of thiophene rings is 1. The minimum Gasteiger partial charge on any atom is -0.324 e. The molecule has 2 N–H and O–H groups in total. The van der Waals surface area contributed by atoms with Crippen molar-refractivity contribution in [2.75, 3.05) is 0 Å². The van der Waals surface area contributed by atoms with Crippen molar-refractivity contribution in [1.29, 1.82) is 0 Å². The summed E-state index contributed by atoms with van der Waals surface area (Å²) in [6, 6.07) is 0.219. The van der Waals surface area contributed by atoms with Gasteiger partial charge in [-0.2, -0.15) is 13.2 Å². The van der Waals surface area contributed by atoms with E-state index in [1.165, 1.54) is 6.07 Å². The average Bonchev–Trinajstić information content (AvgIpc) is 2.26. The van der Waals surface area contributed by atoms with Gasteiger partial charge in [-0.05, 0) is 6.07 Å². The number of hydrogen-bond acceptors (Lipinski definition) is 2. The standard InChI is InChI=1S/C7H6Cl2F3NS/c8-5-1-3(6(9)14-5)4(13)2-7(10,11)12/h1,4H,2,13H2/t4-/m1/s1. The van der Waals surface area contributed by atoms with Crippen LogP contribution in [0.25, 0.3) is 0 Å². The van der Waals surface area contributed by atoms with Gasteiger partial charge in [-0.1, -0.05) is 23.2 Å². The zero-order valence-corrected chi connectivity index (χ0v) is 9.07. The van der Waals surface area contributed by atoms with Crippen molar-refractivity contribution in [3.05, 3.63) is 20.3 Å². The molecule has 1 atom stereocenters. The van der Waals surface area contributed by atoms with Gasteiger partial charge in [0.25, 0.3) is 0 Å². The van der Waals surface area contributed by atoms with E-state index in [1.54, 1.807) is 0 Å². The summed E-state index contributed by atoms with van der Waals surface area (Å²) < 4.78 is 36.5. The summed E-state index contributed by atoms with van der Waals surface area (Å²) in [6.07, 6.45) is -5.39. The summed E-state index contributed by atoms with van der Waals surface area (Å²) in [6.45, 7) is 0. The third-order valence-corrected chi connectivity index (χ3v) is 3.05. The number of halogens is 5. The Balaban J connectivity index is 2.79. The fraction of sp³-hybridized carbons (Fsp3) is 0.429. The summed E-state index contributed by atoms with van der Waals surface area (Å²) in [5, 5.41) is 0. The Kier molecular flexibility index (Phi) is 3.69. The molecule has 14 heavy (non-hydrogen) atoms. The molecule has 80 valence electrons. The van der Waals surface area contributed by atoms with Crippen molar-refractivity contribution in [3.63, 3.8) is 0 Å². The predicted octanol–water partition coefficient (Wildman–Crippen LogP) is 4.01. The highest BCUT2D eigenvalue weighted by Gasteiger charge is 2.32. The molecule has 0 unspecified atom stereocenters. The first-order valence-corrected chi connectivity index (χ1v) is 5.14. The van der Waals surface area contributed by atoms with Crippen molar-refractivity contribution in [3.8, 4) is 0 Å². The van der Waals surface area contributed by atoms with Gasteiger partial charge in [-0.15, -0.1) is 11.3 Å². The van der Waals surface area contributed by atoms with Crippen LogP contribution >= 0.6 is 34.5 Å².